The zero-order valence-corrected chi connectivity index (χ0v) is 26.6. The van der Waals surface area contributed by atoms with Gasteiger partial charge in [0.05, 0.1) is 17.0 Å². The van der Waals surface area contributed by atoms with E-state index in [0.29, 0.717) is 6.54 Å². The molecule has 0 aliphatic heterocycles. The van der Waals surface area contributed by atoms with Gasteiger partial charge in [-0.3, -0.25) is 0 Å². The molecule has 0 heterocycles. The van der Waals surface area contributed by atoms with Crippen molar-refractivity contribution in [2.45, 2.75) is 82.8 Å². The minimum atomic E-state index is -3.86. The van der Waals surface area contributed by atoms with Crippen LogP contribution in [0.25, 0.3) is 0 Å². The summed E-state index contributed by atoms with van der Waals surface area (Å²) < 4.78 is 30.5. The zero-order valence-electron chi connectivity index (χ0n) is 25.8. The van der Waals surface area contributed by atoms with Crippen LogP contribution in [0.2, 0.25) is 0 Å². The maximum atomic E-state index is 13.7. The molecule has 6 heteroatoms. The van der Waals surface area contributed by atoms with E-state index in [-0.39, 0.29) is 21.5 Å². The lowest BCUT2D eigenvalue weighted by Gasteiger charge is -2.31. The van der Waals surface area contributed by atoms with Gasteiger partial charge in [-0.05, 0) is 52.1 Å². The number of nitrogens with one attached hydrogen (secondary N) is 2. The summed E-state index contributed by atoms with van der Waals surface area (Å²) in [6.45, 7) is 15.1. The third-order valence-corrected chi connectivity index (χ3v) is 9.10. The van der Waals surface area contributed by atoms with Crippen LogP contribution in [0.4, 0.5) is 0 Å². The molecule has 42 heavy (non-hydrogen) atoms. The van der Waals surface area contributed by atoms with Crippen LogP contribution in [0.5, 0.6) is 5.75 Å². The summed E-state index contributed by atoms with van der Waals surface area (Å²) in [5.74, 6) is 0.270. The van der Waals surface area contributed by atoms with E-state index in [0.717, 1.165) is 33.4 Å². The highest BCUT2D eigenvalue weighted by Crippen LogP contribution is 2.38. The number of aromatic hydroxyl groups is 1. The molecule has 4 aromatic carbocycles. The van der Waals surface area contributed by atoms with Gasteiger partial charge in [-0.2, -0.15) is 0 Å². The highest BCUT2D eigenvalue weighted by molar-refractivity contribution is 7.89. The minimum Gasteiger partial charge on any atom is -0.507 e. The highest BCUT2D eigenvalue weighted by atomic mass is 32.2. The first-order valence-electron chi connectivity index (χ1n) is 14.5. The summed E-state index contributed by atoms with van der Waals surface area (Å²) in [7, 11) is -3.86. The third-order valence-electron chi connectivity index (χ3n) is 7.64. The number of sulfonamides is 1. The highest BCUT2D eigenvalue weighted by Gasteiger charge is 2.31. The number of benzene rings is 4. The van der Waals surface area contributed by atoms with Crippen molar-refractivity contribution >= 4 is 10.0 Å². The first-order valence-corrected chi connectivity index (χ1v) is 15.9. The van der Waals surface area contributed by atoms with Crippen LogP contribution in [0.1, 0.15) is 87.0 Å². The molecule has 5 nitrogen and oxygen atoms in total. The molecule has 0 aromatic heterocycles. The van der Waals surface area contributed by atoms with Crippen LogP contribution in [0, 0.1) is 6.92 Å². The Hall–Kier alpha value is -3.45. The normalized spacial score (nSPS) is 14.0. The third kappa shape index (κ3) is 7.49. The Balaban J connectivity index is 1.80. The van der Waals surface area contributed by atoms with E-state index >= 15 is 0 Å². The van der Waals surface area contributed by atoms with Crippen molar-refractivity contribution in [3.8, 4) is 5.75 Å². The molecule has 0 saturated carbocycles. The van der Waals surface area contributed by atoms with Crippen molar-refractivity contribution in [3.63, 3.8) is 0 Å². The van der Waals surface area contributed by atoms with Gasteiger partial charge in [-0.1, -0.05) is 132 Å². The Kier molecular flexibility index (Phi) is 9.31. The molecule has 2 atom stereocenters. The summed E-state index contributed by atoms with van der Waals surface area (Å²) >= 11 is 0. The number of hydrogen-bond donors (Lipinski definition) is 3. The van der Waals surface area contributed by atoms with Crippen LogP contribution in [0.3, 0.4) is 0 Å². The van der Waals surface area contributed by atoms with Crippen LogP contribution in [-0.4, -0.2) is 13.5 Å². The van der Waals surface area contributed by atoms with Crippen molar-refractivity contribution in [2.24, 2.45) is 0 Å². The molecular weight excluding hydrogens is 540 g/mol. The van der Waals surface area contributed by atoms with E-state index in [2.05, 4.69) is 63.7 Å². The fourth-order valence-corrected chi connectivity index (χ4v) is 6.32. The van der Waals surface area contributed by atoms with Crippen LogP contribution >= 0.6 is 0 Å². The molecule has 0 radical (unpaired) electrons. The van der Waals surface area contributed by atoms with Gasteiger partial charge in [0.15, 0.2) is 0 Å². The summed E-state index contributed by atoms with van der Waals surface area (Å²) in [5, 5.41) is 15.1. The van der Waals surface area contributed by atoms with Gasteiger partial charge in [-0.25, -0.2) is 13.1 Å². The van der Waals surface area contributed by atoms with Gasteiger partial charge in [0, 0.05) is 12.1 Å². The summed E-state index contributed by atoms with van der Waals surface area (Å²) in [4.78, 5) is 0.214. The van der Waals surface area contributed by atoms with Gasteiger partial charge >= 0.3 is 0 Å². The Morgan fingerprint density at radius 3 is 1.74 bits per heavy atom. The van der Waals surface area contributed by atoms with Gasteiger partial charge in [0.25, 0.3) is 0 Å². The molecule has 0 unspecified atom stereocenters. The maximum Gasteiger partial charge on any atom is 0.241 e. The summed E-state index contributed by atoms with van der Waals surface area (Å²) in [6, 6.07) is 29.5. The lowest BCUT2D eigenvalue weighted by atomic mass is 9.79. The largest absolute Gasteiger partial charge is 0.507 e. The second kappa shape index (κ2) is 12.4. The number of phenols is 1. The molecule has 0 fully saturated rings. The molecule has 0 spiro atoms. The van der Waals surface area contributed by atoms with Crippen molar-refractivity contribution < 1.29 is 13.5 Å². The van der Waals surface area contributed by atoms with E-state index < -0.39 is 22.1 Å². The Morgan fingerprint density at radius 1 is 0.714 bits per heavy atom. The molecule has 222 valence electrons. The summed E-state index contributed by atoms with van der Waals surface area (Å²) in [6.07, 6.45) is 0. The van der Waals surface area contributed by atoms with E-state index in [1.807, 2.05) is 67.6 Å². The standard InChI is InChI=1S/C36H44N2O3S/c1-25-18-20-30(21-19-25)42(40,41)38-33(27-16-12-9-13-17-27)32(26-14-10-8-11-15-26)37-24-28-22-29(35(2,3)4)23-31(34(28)39)36(5,6)7/h8-23,32-33,37-39H,24H2,1-7H3/t32-,33-/m1/s1. The number of rotatable bonds is 9. The predicted octanol–water partition coefficient (Wildman–Crippen LogP) is 7.85. The fourth-order valence-electron chi connectivity index (χ4n) is 5.08. The van der Waals surface area contributed by atoms with Crippen molar-refractivity contribution in [2.75, 3.05) is 0 Å². The average molecular weight is 585 g/mol. The Morgan fingerprint density at radius 2 is 1.24 bits per heavy atom. The Bertz CT molecular complexity index is 1590. The number of hydrogen-bond acceptors (Lipinski definition) is 4. The van der Waals surface area contributed by atoms with Crippen molar-refractivity contribution in [3.05, 3.63) is 130 Å². The summed E-state index contributed by atoms with van der Waals surface area (Å²) in [5.41, 5.74) is 5.19. The molecule has 0 amide bonds. The molecule has 0 saturated heterocycles. The van der Waals surface area contributed by atoms with E-state index in [9.17, 15) is 13.5 Å². The minimum absolute atomic E-state index is 0.114. The number of phenolic OH excluding ortho intramolecular Hbond substituents is 1. The molecular formula is C36H44N2O3S. The van der Waals surface area contributed by atoms with Gasteiger partial charge in [0.2, 0.25) is 10.0 Å². The van der Waals surface area contributed by atoms with Gasteiger partial charge in [-0.15, -0.1) is 0 Å². The SMILES string of the molecule is Cc1ccc(S(=O)(=O)N[C@H](c2ccccc2)[C@H](NCc2cc(C(C)(C)C)cc(C(C)(C)C)c2O)c2ccccc2)cc1. The lowest BCUT2D eigenvalue weighted by Crippen LogP contribution is -2.38. The molecule has 3 N–H and O–H groups in total. The zero-order chi connectivity index (χ0) is 30.7. The second-order valence-corrected chi connectivity index (χ2v) is 14.8. The van der Waals surface area contributed by atoms with Gasteiger partial charge < -0.3 is 10.4 Å². The van der Waals surface area contributed by atoms with Crippen molar-refractivity contribution in [1.29, 1.82) is 0 Å². The van der Waals surface area contributed by atoms with Gasteiger partial charge in [0.1, 0.15) is 5.75 Å². The average Bonchev–Trinajstić information content (AvgIpc) is 2.93. The smallest absolute Gasteiger partial charge is 0.241 e. The molecule has 0 aliphatic carbocycles. The topological polar surface area (TPSA) is 78.4 Å². The van der Waals surface area contributed by atoms with Crippen LogP contribution < -0.4 is 10.0 Å². The lowest BCUT2D eigenvalue weighted by molar-refractivity contribution is 0.405. The second-order valence-electron chi connectivity index (χ2n) is 13.1. The molecule has 0 bridgehead atoms. The fraction of sp³-hybridized carbons (Fsp3) is 0.333. The van der Waals surface area contributed by atoms with E-state index in [1.165, 1.54) is 0 Å². The van der Waals surface area contributed by atoms with E-state index in [1.54, 1.807) is 24.3 Å². The predicted molar refractivity (Wildman–Crippen MR) is 172 cm³/mol. The van der Waals surface area contributed by atoms with Crippen LogP contribution in [0.15, 0.2) is 102 Å². The molecule has 4 rings (SSSR count). The quantitative estimate of drug-likeness (QED) is 0.187. The monoisotopic (exact) mass is 584 g/mol. The van der Waals surface area contributed by atoms with Crippen LogP contribution in [-0.2, 0) is 27.4 Å². The maximum absolute atomic E-state index is 13.7. The van der Waals surface area contributed by atoms with Crippen molar-refractivity contribution in [1.82, 2.24) is 10.0 Å². The first-order chi connectivity index (χ1) is 19.7. The molecule has 4 aromatic rings. The number of aryl methyl sites for hydroxylation is 1. The molecule has 0 aliphatic rings. The first kappa shape index (κ1) is 31.5. The van der Waals surface area contributed by atoms with E-state index in [4.69, 9.17) is 0 Å². The Labute approximate surface area is 252 Å².